The van der Waals surface area contributed by atoms with Crippen LogP contribution < -0.4 is 9.47 Å². The van der Waals surface area contributed by atoms with Crippen molar-refractivity contribution in [3.63, 3.8) is 0 Å². The van der Waals surface area contributed by atoms with E-state index in [9.17, 15) is 15.1 Å². The SMILES string of the molecule is COc1cc(CN(O)C(=O)Oc2ccccc2)ccc1O. The third-order valence-corrected chi connectivity index (χ3v) is 2.74. The van der Waals surface area contributed by atoms with Crippen LogP contribution >= 0.6 is 0 Å². The summed E-state index contributed by atoms with van der Waals surface area (Å²) in [5, 5.41) is 19.6. The molecule has 0 aliphatic carbocycles. The molecule has 6 nitrogen and oxygen atoms in total. The first-order valence-electron chi connectivity index (χ1n) is 6.19. The fraction of sp³-hybridized carbons (Fsp3) is 0.133. The van der Waals surface area contributed by atoms with Crippen LogP contribution in [-0.4, -0.2) is 28.6 Å². The van der Waals surface area contributed by atoms with Crippen LogP contribution in [0, 0.1) is 0 Å². The van der Waals surface area contributed by atoms with Gasteiger partial charge in [-0.3, -0.25) is 5.21 Å². The summed E-state index contributed by atoms with van der Waals surface area (Å²) in [6, 6.07) is 12.9. The zero-order valence-corrected chi connectivity index (χ0v) is 11.4. The monoisotopic (exact) mass is 289 g/mol. The second kappa shape index (κ2) is 6.62. The second-order valence-corrected chi connectivity index (χ2v) is 4.24. The van der Waals surface area contributed by atoms with Crippen LogP contribution in [0.3, 0.4) is 0 Å². The molecule has 0 spiro atoms. The molecule has 0 unspecified atom stereocenters. The number of carbonyl (C=O) groups is 1. The van der Waals surface area contributed by atoms with Crippen molar-refractivity contribution < 1.29 is 24.6 Å². The second-order valence-electron chi connectivity index (χ2n) is 4.24. The highest BCUT2D eigenvalue weighted by molar-refractivity contribution is 5.69. The largest absolute Gasteiger partial charge is 0.504 e. The van der Waals surface area contributed by atoms with Crippen molar-refractivity contribution in [3.8, 4) is 17.2 Å². The lowest BCUT2D eigenvalue weighted by molar-refractivity contribution is -0.0677. The van der Waals surface area contributed by atoms with Crippen LogP contribution in [0.5, 0.6) is 17.2 Å². The molecule has 1 amide bonds. The summed E-state index contributed by atoms with van der Waals surface area (Å²) in [6.07, 6.45) is -0.895. The molecule has 0 bridgehead atoms. The van der Waals surface area contributed by atoms with Crippen molar-refractivity contribution in [3.05, 3.63) is 54.1 Å². The molecule has 6 heteroatoms. The summed E-state index contributed by atoms with van der Waals surface area (Å²) < 4.78 is 9.94. The average molecular weight is 289 g/mol. The van der Waals surface area contributed by atoms with Crippen LogP contribution in [0.4, 0.5) is 4.79 Å². The van der Waals surface area contributed by atoms with Crippen molar-refractivity contribution in [1.82, 2.24) is 5.06 Å². The predicted octanol–water partition coefficient (Wildman–Crippen LogP) is 2.79. The van der Waals surface area contributed by atoms with E-state index >= 15 is 0 Å². The fourth-order valence-electron chi connectivity index (χ4n) is 1.70. The fourth-order valence-corrected chi connectivity index (χ4v) is 1.70. The number of rotatable bonds is 4. The average Bonchev–Trinajstić information content (AvgIpc) is 2.50. The van der Waals surface area contributed by atoms with Gasteiger partial charge in [-0.25, -0.2) is 4.79 Å². The highest BCUT2D eigenvalue weighted by Gasteiger charge is 2.15. The van der Waals surface area contributed by atoms with E-state index in [1.165, 1.54) is 19.2 Å². The first kappa shape index (κ1) is 14.7. The standard InChI is InChI=1S/C15H15NO5/c1-20-14-9-11(7-8-13(14)17)10-16(19)15(18)21-12-5-3-2-4-6-12/h2-9,17,19H,10H2,1H3. The predicted molar refractivity (Wildman–Crippen MR) is 74.5 cm³/mol. The molecular weight excluding hydrogens is 274 g/mol. The van der Waals surface area contributed by atoms with Crippen molar-refractivity contribution >= 4 is 6.09 Å². The van der Waals surface area contributed by atoms with Gasteiger partial charge >= 0.3 is 6.09 Å². The lowest BCUT2D eigenvalue weighted by atomic mass is 10.2. The van der Waals surface area contributed by atoms with Crippen LogP contribution in [-0.2, 0) is 6.54 Å². The van der Waals surface area contributed by atoms with Crippen molar-refractivity contribution in [2.75, 3.05) is 7.11 Å². The summed E-state index contributed by atoms with van der Waals surface area (Å²) in [5.74, 6) is 0.583. The number of phenolic OH excluding ortho intramolecular Hbond substituents is 1. The quantitative estimate of drug-likeness (QED) is 0.668. The molecule has 110 valence electrons. The van der Waals surface area contributed by atoms with Gasteiger partial charge in [-0.1, -0.05) is 24.3 Å². The first-order chi connectivity index (χ1) is 10.1. The number of para-hydroxylation sites is 1. The number of ether oxygens (including phenoxy) is 2. The third kappa shape index (κ3) is 3.87. The van der Waals surface area contributed by atoms with Gasteiger partial charge in [0.1, 0.15) is 5.75 Å². The number of hydroxylamine groups is 2. The number of hydrogen-bond donors (Lipinski definition) is 2. The van der Waals surface area contributed by atoms with E-state index in [0.717, 1.165) is 0 Å². The highest BCUT2D eigenvalue weighted by Crippen LogP contribution is 2.26. The lowest BCUT2D eigenvalue weighted by Crippen LogP contribution is -2.29. The van der Waals surface area contributed by atoms with Gasteiger partial charge in [-0.05, 0) is 29.8 Å². The minimum Gasteiger partial charge on any atom is -0.504 e. The van der Waals surface area contributed by atoms with E-state index in [1.807, 2.05) is 0 Å². The molecule has 0 aromatic heterocycles. The van der Waals surface area contributed by atoms with E-state index in [0.29, 0.717) is 16.4 Å². The Morgan fingerprint density at radius 3 is 2.57 bits per heavy atom. The Morgan fingerprint density at radius 1 is 1.19 bits per heavy atom. The summed E-state index contributed by atoms with van der Waals surface area (Å²) in [4.78, 5) is 11.7. The molecule has 2 rings (SSSR count). The Bertz CT molecular complexity index is 615. The van der Waals surface area contributed by atoms with Gasteiger partial charge in [0, 0.05) is 0 Å². The molecule has 0 heterocycles. The number of methoxy groups -OCH3 is 1. The van der Waals surface area contributed by atoms with Gasteiger partial charge in [0.05, 0.1) is 13.7 Å². The molecule has 0 atom stereocenters. The molecule has 21 heavy (non-hydrogen) atoms. The third-order valence-electron chi connectivity index (χ3n) is 2.74. The molecular formula is C15H15NO5. The van der Waals surface area contributed by atoms with E-state index < -0.39 is 6.09 Å². The van der Waals surface area contributed by atoms with Gasteiger partial charge in [0.25, 0.3) is 0 Å². The summed E-state index contributed by atoms with van der Waals surface area (Å²) in [5.41, 5.74) is 0.581. The van der Waals surface area contributed by atoms with Crippen LogP contribution in [0.2, 0.25) is 0 Å². The summed E-state index contributed by atoms with van der Waals surface area (Å²) >= 11 is 0. The number of aromatic hydroxyl groups is 1. The maximum Gasteiger partial charge on any atom is 0.439 e. The van der Waals surface area contributed by atoms with Crippen molar-refractivity contribution in [1.29, 1.82) is 0 Å². The van der Waals surface area contributed by atoms with Gasteiger partial charge in [-0.2, -0.15) is 5.06 Å². The Hall–Kier alpha value is -2.73. The molecule has 0 aliphatic heterocycles. The number of benzene rings is 2. The minimum absolute atomic E-state index is 0.0161. The molecule has 0 saturated carbocycles. The molecule has 0 fully saturated rings. The number of amides is 1. The van der Waals surface area contributed by atoms with E-state index in [2.05, 4.69) is 0 Å². The van der Waals surface area contributed by atoms with Crippen LogP contribution in [0.15, 0.2) is 48.5 Å². The van der Waals surface area contributed by atoms with Crippen LogP contribution in [0.1, 0.15) is 5.56 Å². The zero-order valence-electron chi connectivity index (χ0n) is 11.4. The van der Waals surface area contributed by atoms with Gasteiger partial charge in [-0.15, -0.1) is 0 Å². The maximum absolute atomic E-state index is 11.7. The molecule has 2 N–H and O–H groups in total. The Labute approximate surface area is 121 Å². The lowest BCUT2D eigenvalue weighted by Gasteiger charge is -2.15. The summed E-state index contributed by atoms with van der Waals surface area (Å²) in [7, 11) is 1.42. The zero-order chi connectivity index (χ0) is 15.2. The number of phenols is 1. The smallest absolute Gasteiger partial charge is 0.439 e. The number of hydrogen-bond acceptors (Lipinski definition) is 5. The van der Waals surface area contributed by atoms with Crippen molar-refractivity contribution in [2.45, 2.75) is 6.54 Å². The Morgan fingerprint density at radius 2 is 1.90 bits per heavy atom. The molecule has 2 aromatic rings. The maximum atomic E-state index is 11.7. The van der Waals surface area contributed by atoms with Gasteiger partial charge in [0.2, 0.25) is 0 Å². The van der Waals surface area contributed by atoms with Crippen molar-refractivity contribution in [2.24, 2.45) is 0 Å². The van der Waals surface area contributed by atoms with E-state index in [-0.39, 0.29) is 18.0 Å². The molecule has 0 radical (unpaired) electrons. The Kier molecular flexibility index (Phi) is 4.63. The Balaban J connectivity index is 2.00. The van der Waals surface area contributed by atoms with Gasteiger partial charge in [0.15, 0.2) is 11.5 Å². The van der Waals surface area contributed by atoms with Gasteiger partial charge < -0.3 is 14.6 Å². The van der Waals surface area contributed by atoms with E-state index in [4.69, 9.17) is 9.47 Å². The topological polar surface area (TPSA) is 79.2 Å². The number of nitrogens with zero attached hydrogens (tertiary/aromatic N) is 1. The normalized spacial score (nSPS) is 10.0. The summed E-state index contributed by atoms with van der Waals surface area (Å²) in [6.45, 7) is -0.0949. The minimum atomic E-state index is -0.895. The first-order valence-corrected chi connectivity index (χ1v) is 6.19. The van der Waals surface area contributed by atoms with Crippen LogP contribution in [0.25, 0.3) is 0 Å². The molecule has 0 saturated heterocycles. The molecule has 2 aromatic carbocycles. The highest BCUT2D eigenvalue weighted by atomic mass is 16.6. The molecule has 0 aliphatic rings. The van der Waals surface area contributed by atoms with E-state index in [1.54, 1.807) is 36.4 Å². The number of carbonyl (C=O) groups excluding carboxylic acids is 1.